The first-order valence-electron chi connectivity index (χ1n) is 4.79. The van der Waals surface area contributed by atoms with Gasteiger partial charge in [-0.15, -0.1) is 0 Å². The fourth-order valence-electron chi connectivity index (χ4n) is 1.46. The van der Waals surface area contributed by atoms with Crippen molar-refractivity contribution in [3.05, 3.63) is 33.1 Å². The lowest BCUT2D eigenvalue weighted by Crippen LogP contribution is -2.32. The monoisotopic (exact) mass is 212 g/mol. The summed E-state index contributed by atoms with van der Waals surface area (Å²) >= 11 is 0. The van der Waals surface area contributed by atoms with Crippen LogP contribution >= 0.6 is 0 Å². The molecular formula is C9H12N2O4. The Morgan fingerprint density at radius 2 is 2.40 bits per heavy atom. The summed E-state index contributed by atoms with van der Waals surface area (Å²) in [5, 5.41) is 0. The number of ether oxygens (including phenoxy) is 2. The summed E-state index contributed by atoms with van der Waals surface area (Å²) in [4.78, 5) is 24.4. The number of nitrogens with one attached hydrogen (secondary N) is 1. The van der Waals surface area contributed by atoms with Gasteiger partial charge in [0.05, 0.1) is 6.61 Å². The highest BCUT2D eigenvalue weighted by Gasteiger charge is 2.26. The Morgan fingerprint density at radius 3 is 3.00 bits per heavy atom. The number of aromatic nitrogens is 2. The van der Waals surface area contributed by atoms with Crippen molar-refractivity contribution in [1.82, 2.24) is 9.55 Å². The minimum absolute atomic E-state index is 0.270. The molecular weight excluding hydrogens is 200 g/mol. The average molecular weight is 212 g/mol. The van der Waals surface area contributed by atoms with E-state index < -0.39 is 17.5 Å². The van der Waals surface area contributed by atoms with Crippen molar-refractivity contribution in [2.45, 2.75) is 25.9 Å². The molecule has 1 aromatic rings. The zero-order valence-electron chi connectivity index (χ0n) is 8.30. The maximum absolute atomic E-state index is 11.4. The Bertz CT molecular complexity index is 450. The van der Waals surface area contributed by atoms with Gasteiger partial charge in [0.15, 0.2) is 12.5 Å². The molecule has 2 atom stereocenters. The van der Waals surface area contributed by atoms with Crippen LogP contribution in [0.2, 0.25) is 0 Å². The van der Waals surface area contributed by atoms with E-state index in [1.165, 1.54) is 16.8 Å². The Hall–Kier alpha value is -1.40. The van der Waals surface area contributed by atoms with Gasteiger partial charge in [0.1, 0.15) is 0 Å². The van der Waals surface area contributed by atoms with Crippen molar-refractivity contribution in [1.29, 1.82) is 0 Å². The molecule has 0 radical (unpaired) electrons. The van der Waals surface area contributed by atoms with Crippen molar-refractivity contribution < 1.29 is 9.47 Å². The number of rotatable bonds is 2. The Kier molecular flexibility index (Phi) is 2.70. The van der Waals surface area contributed by atoms with Crippen molar-refractivity contribution in [3.63, 3.8) is 0 Å². The summed E-state index contributed by atoms with van der Waals surface area (Å²) in [7, 11) is 0. The molecule has 1 fully saturated rings. The molecule has 6 heteroatoms. The first kappa shape index (κ1) is 10.1. The van der Waals surface area contributed by atoms with Crippen LogP contribution in [0.3, 0.4) is 0 Å². The lowest BCUT2D eigenvalue weighted by Gasteiger charge is -2.11. The highest BCUT2D eigenvalue weighted by molar-refractivity contribution is 4.84. The van der Waals surface area contributed by atoms with Crippen LogP contribution in [0.4, 0.5) is 0 Å². The molecule has 2 rings (SSSR count). The number of hydrogen-bond acceptors (Lipinski definition) is 4. The zero-order chi connectivity index (χ0) is 10.8. The summed E-state index contributed by atoms with van der Waals surface area (Å²) in [6.45, 7) is 2.26. The van der Waals surface area contributed by atoms with Crippen LogP contribution in [-0.2, 0) is 9.47 Å². The molecule has 15 heavy (non-hydrogen) atoms. The summed E-state index contributed by atoms with van der Waals surface area (Å²) in [6, 6.07) is 1.28. The summed E-state index contributed by atoms with van der Waals surface area (Å²) in [6.07, 6.45) is 1.43. The average Bonchev–Trinajstić information content (AvgIpc) is 2.66. The van der Waals surface area contributed by atoms with Gasteiger partial charge in [-0.3, -0.25) is 14.3 Å². The molecule has 82 valence electrons. The van der Waals surface area contributed by atoms with Crippen LogP contribution in [0.5, 0.6) is 0 Å². The Balaban J connectivity index is 2.24. The Labute approximate surface area is 85.4 Å². The molecule has 1 saturated heterocycles. The molecule has 1 aliphatic heterocycles. The van der Waals surface area contributed by atoms with Gasteiger partial charge in [-0.1, -0.05) is 6.92 Å². The maximum Gasteiger partial charge on any atom is 0.330 e. The minimum atomic E-state index is -0.479. The fraction of sp³-hybridized carbons (Fsp3) is 0.556. The highest BCUT2D eigenvalue weighted by atomic mass is 16.7. The van der Waals surface area contributed by atoms with Crippen LogP contribution in [0.1, 0.15) is 19.6 Å². The van der Waals surface area contributed by atoms with Gasteiger partial charge < -0.3 is 9.47 Å². The third-order valence-corrected chi connectivity index (χ3v) is 2.23. The predicted molar refractivity (Wildman–Crippen MR) is 51.5 cm³/mol. The van der Waals surface area contributed by atoms with Crippen LogP contribution in [0, 0.1) is 0 Å². The quantitative estimate of drug-likeness (QED) is 0.738. The maximum atomic E-state index is 11.4. The van der Waals surface area contributed by atoms with Gasteiger partial charge in [0.25, 0.3) is 5.56 Å². The molecule has 0 saturated carbocycles. The first-order valence-corrected chi connectivity index (χ1v) is 4.79. The van der Waals surface area contributed by atoms with Crippen LogP contribution in [-0.4, -0.2) is 22.4 Å². The topological polar surface area (TPSA) is 73.3 Å². The second-order valence-corrected chi connectivity index (χ2v) is 3.28. The SMILES string of the molecule is CC[C@@H]1OC[C@H](n2ccc(=O)[nH]c2=O)O1. The molecule has 1 aromatic heterocycles. The van der Waals surface area contributed by atoms with E-state index in [1.807, 2.05) is 6.92 Å². The van der Waals surface area contributed by atoms with E-state index in [2.05, 4.69) is 4.98 Å². The molecule has 0 bridgehead atoms. The van der Waals surface area contributed by atoms with E-state index in [1.54, 1.807) is 0 Å². The smallest absolute Gasteiger partial charge is 0.330 e. The van der Waals surface area contributed by atoms with Crippen molar-refractivity contribution in [2.24, 2.45) is 0 Å². The molecule has 0 unspecified atom stereocenters. The highest BCUT2D eigenvalue weighted by Crippen LogP contribution is 2.20. The Morgan fingerprint density at radius 1 is 1.60 bits per heavy atom. The van der Waals surface area contributed by atoms with Gasteiger partial charge in [-0.2, -0.15) is 0 Å². The third kappa shape index (κ3) is 2.00. The van der Waals surface area contributed by atoms with E-state index in [9.17, 15) is 9.59 Å². The normalized spacial score (nSPS) is 25.7. The molecule has 0 aromatic carbocycles. The standard InChI is InChI=1S/C9H12N2O4/c1-2-8-14-5-7(15-8)11-4-3-6(12)10-9(11)13/h3-4,7-8H,2,5H2,1H3,(H,10,12,13)/t7-,8-/m1/s1. The van der Waals surface area contributed by atoms with Crippen molar-refractivity contribution in [2.75, 3.05) is 6.61 Å². The van der Waals surface area contributed by atoms with Gasteiger partial charge in [-0.05, 0) is 6.42 Å². The largest absolute Gasteiger partial charge is 0.348 e. The van der Waals surface area contributed by atoms with Crippen LogP contribution < -0.4 is 11.2 Å². The lowest BCUT2D eigenvalue weighted by atomic mass is 10.5. The molecule has 6 nitrogen and oxygen atoms in total. The summed E-state index contributed by atoms with van der Waals surface area (Å²) in [5.41, 5.74) is -0.893. The predicted octanol–water partition coefficient (Wildman–Crippen LogP) is -0.182. The minimum Gasteiger partial charge on any atom is -0.348 e. The molecule has 2 heterocycles. The molecule has 0 spiro atoms. The van der Waals surface area contributed by atoms with Gasteiger partial charge in [0, 0.05) is 12.3 Å². The molecule has 0 amide bonds. The van der Waals surface area contributed by atoms with Gasteiger partial charge >= 0.3 is 5.69 Å². The van der Waals surface area contributed by atoms with Crippen LogP contribution in [0.25, 0.3) is 0 Å². The number of nitrogens with zero attached hydrogens (tertiary/aromatic N) is 1. The number of hydrogen-bond donors (Lipinski definition) is 1. The first-order chi connectivity index (χ1) is 7.20. The van der Waals surface area contributed by atoms with E-state index in [0.717, 1.165) is 6.42 Å². The zero-order valence-corrected chi connectivity index (χ0v) is 8.30. The summed E-state index contributed by atoms with van der Waals surface area (Å²) in [5.74, 6) is 0. The van der Waals surface area contributed by atoms with E-state index in [4.69, 9.17) is 9.47 Å². The van der Waals surface area contributed by atoms with Gasteiger partial charge in [-0.25, -0.2) is 4.79 Å². The van der Waals surface area contributed by atoms with Gasteiger partial charge in [0.2, 0.25) is 0 Å². The van der Waals surface area contributed by atoms with E-state index in [0.29, 0.717) is 6.61 Å². The van der Waals surface area contributed by atoms with Crippen molar-refractivity contribution in [3.8, 4) is 0 Å². The molecule has 0 aliphatic carbocycles. The third-order valence-electron chi connectivity index (χ3n) is 2.23. The lowest BCUT2D eigenvalue weighted by molar-refractivity contribution is -0.0731. The second kappa shape index (κ2) is 4.00. The van der Waals surface area contributed by atoms with E-state index >= 15 is 0 Å². The molecule has 1 N–H and O–H groups in total. The van der Waals surface area contributed by atoms with Crippen LogP contribution in [0.15, 0.2) is 21.9 Å². The second-order valence-electron chi connectivity index (χ2n) is 3.28. The van der Waals surface area contributed by atoms with Crippen molar-refractivity contribution >= 4 is 0 Å². The number of H-pyrrole nitrogens is 1. The number of aromatic amines is 1. The van der Waals surface area contributed by atoms with E-state index in [-0.39, 0.29) is 6.29 Å². The summed E-state index contributed by atoms with van der Waals surface area (Å²) < 4.78 is 12.0. The fourth-order valence-corrected chi connectivity index (χ4v) is 1.46. The molecule has 1 aliphatic rings.